The fourth-order valence-electron chi connectivity index (χ4n) is 4.61. The summed E-state index contributed by atoms with van der Waals surface area (Å²) >= 11 is 7.21. The number of carbonyl (C=O) groups is 2. The maximum atomic E-state index is 13.1. The lowest BCUT2D eigenvalue weighted by atomic mass is 10.1. The number of amides is 3. The third kappa shape index (κ3) is 3.80. The first-order valence-corrected chi connectivity index (χ1v) is 11.8. The van der Waals surface area contributed by atoms with Gasteiger partial charge in [0.15, 0.2) is 0 Å². The molecule has 2 fully saturated rings. The smallest absolute Gasteiger partial charge is 0.324 e. The zero-order valence-corrected chi connectivity index (χ0v) is 19.2. The Bertz CT molecular complexity index is 1060. The molecule has 2 aromatic rings. The van der Waals surface area contributed by atoms with E-state index >= 15 is 0 Å². The number of halogens is 1. The van der Waals surface area contributed by atoms with Crippen LogP contribution in [0.4, 0.5) is 16.2 Å². The molecule has 3 aliphatic heterocycles. The number of thiophene rings is 1. The Kier molecular flexibility index (Phi) is 5.69. The van der Waals surface area contributed by atoms with Gasteiger partial charge in [0.1, 0.15) is 0 Å². The monoisotopic (exact) mass is 473 g/mol. The maximum Gasteiger partial charge on any atom is 0.324 e. The summed E-state index contributed by atoms with van der Waals surface area (Å²) in [7, 11) is 1.63. The minimum Gasteiger partial charge on any atom is -0.468 e. The van der Waals surface area contributed by atoms with Crippen LogP contribution < -0.4 is 15.1 Å². The summed E-state index contributed by atoms with van der Waals surface area (Å²) in [5.74, 6) is -0.138. The van der Waals surface area contributed by atoms with Gasteiger partial charge >= 0.3 is 6.03 Å². The van der Waals surface area contributed by atoms with Crippen molar-refractivity contribution < 1.29 is 14.3 Å². The lowest BCUT2D eigenvalue weighted by molar-refractivity contribution is 0.0935. The van der Waals surface area contributed by atoms with Gasteiger partial charge < -0.3 is 15.0 Å². The minimum absolute atomic E-state index is 0.0178. The number of benzene rings is 1. The first kappa shape index (κ1) is 21.1. The number of nitrogens with zero attached hydrogens (tertiary/aromatic N) is 4. The van der Waals surface area contributed by atoms with E-state index in [0.29, 0.717) is 28.3 Å². The number of amidine groups is 1. The van der Waals surface area contributed by atoms with Gasteiger partial charge in [0.2, 0.25) is 0 Å². The van der Waals surface area contributed by atoms with Gasteiger partial charge in [-0.05, 0) is 49.2 Å². The molecule has 2 atom stereocenters. The molecule has 2 saturated heterocycles. The van der Waals surface area contributed by atoms with Crippen molar-refractivity contribution in [3.05, 3.63) is 45.6 Å². The number of hydrogen-bond donors (Lipinski definition) is 1. The lowest BCUT2D eigenvalue weighted by Gasteiger charge is -2.28. The summed E-state index contributed by atoms with van der Waals surface area (Å²) in [6.45, 7) is 2.80. The van der Waals surface area contributed by atoms with Crippen LogP contribution in [-0.2, 0) is 4.74 Å². The van der Waals surface area contributed by atoms with Crippen LogP contribution in [0.1, 0.15) is 22.5 Å². The van der Waals surface area contributed by atoms with Crippen LogP contribution in [0.3, 0.4) is 0 Å². The van der Waals surface area contributed by atoms with E-state index in [-0.39, 0.29) is 24.0 Å². The highest BCUT2D eigenvalue weighted by atomic mass is 35.5. The van der Waals surface area contributed by atoms with Gasteiger partial charge in [-0.1, -0.05) is 11.6 Å². The summed E-state index contributed by atoms with van der Waals surface area (Å²) in [5.41, 5.74) is 1.83. The Hall–Kier alpha value is -2.78. The van der Waals surface area contributed by atoms with Crippen molar-refractivity contribution in [3.8, 4) is 0 Å². The van der Waals surface area contributed by atoms with E-state index in [1.807, 2.05) is 34.1 Å². The predicted molar refractivity (Wildman–Crippen MR) is 126 cm³/mol. The molecular weight excluding hydrogens is 450 g/mol. The molecule has 168 valence electrons. The van der Waals surface area contributed by atoms with E-state index in [9.17, 15) is 9.59 Å². The number of nitrogens with one attached hydrogen (secondary N) is 1. The number of rotatable bonds is 4. The fraction of sp³-hybridized carbons (Fsp3) is 0.409. The van der Waals surface area contributed by atoms with Gasteiger partial charge in [-0.25, -0.2) is 9.79 Å². The molecule has 5 rings (SSSR count). The molecule has 8 nitrogen and oxygen atoms in total. The number of hydrogen-bond acceptors (Lipinski definition) is 6. The highest BCUT2D eigenvalue weighted by molar-refractivity contribution is 7.18. The van der Waals surface area contributed by atoms with Crippen LogP contribution in [0, 0.1) is 0 Å². The second-order valence-corrected chi connectivity index (χ2v) is 9.73. The summed E-state index contributed by atoms with van der Waals surface area (Å²) < 4.78 is 5.98. The van der Waals surface area contributed by atoms with Crippen LogP contribution >= 0.6 is 22.9 Å². The minimum atomic E-state index is -0.138. The molecule has 1 N–H and O–H groups in total. The van der Waals surface area contributed by atoms with Gasteiger partial charge in [0, 0.05) is 31.0 Å². The third-order valence-corrected chi connectivity index (χ3v) is 7.41. The Labute approximate surface area is 195 Å². The topological polar surface area (TPSA) is 77.5 Å². The molecule has 1 aromatic carbocycles. The van der Waals surface area contributed by atoms with Gasteiger partial charge in [-0.2, -0.15) is 0 Å². The van der Waals surface area contributed by atoms with Gasteiger partial charge in [0.05, 0.1) is 35.0 Å². The molecule has 1 aromatic heterocycles. The molecule has 3 amide bonds. The Balaban J connectivity index is 1.28. The number of anilines is 2. The van der Waals surface area contributed by atoms with Crippen molar-refractivity contribution in [2.24, 2.45) is 4.99 Å². The second-order valence-electron chi connectivity index (χ2n) is 8.02. The van der Waals surface area contributed by atoms with Crippen LogP contribution in [-0.4, -0.2) is 68.2 Å². The Morgan fingerprint density at radius 2 is 1.91 bits per heavy atom. The summed E-state index contributed by atoms with van der Waals surface area (Å²) in [4.78, 5) is 36.3. The first-order chi connectivity index (χ1) is 15.5. The average Bonchev–Trinajstić information content (AvgIpc) is 3.51. The van der Waals surface area contributed by atoms with Gasteiger partial charge in [-0.15, -0.1) is 11.3 Å². The van der Waals surface area contributed by atoms with Gasteiger partial charge in [0.25, 0.3) is 11.9 Å². The lowest BCUT2D eigenvalue weighted by Crippen LogP contribution is -2.44. The van der Waals surface area contributed by atoms with E-state index in [0.717, 1.165) is 37.3 Å². The molecule has 0 bridgehead atoms. The molecule has 0 spiro atoms. The van der Waals surface area contributed by atoms with Gasteiger partial charge in [-0.3, -0.25) is 14.6 Å². The molecule has 0 saturated carbocycles. The second kappa shape index (κ2) is 8.63. The Morgan fingerprint density at radius 3 is 2.59 bits per heavy atom. The number of aliphatic imine (C=N–C) groups is 1. The SMILES string of the molecule is COC1=NCCCN1c1ccc(N2C[C@@H]3[C@H](NC(=O)c4ccc(Cl)s4)CCN3C2=O)cc1. The largest absolute Gasteiger partial charge is 0.468 e. The predicted octanol–water partition coefficient (Wildman–Crippen LogP) is 3.43. The molecular formula is C22H24ClN5O3S. The van der Waals surface area contributed by atoms with Crippen LogP contribution in [0.15, 0.2) is 41.4 Å². The summed E-state index contributed by atoms with van der Waals surface area (Å²) in [6, 6.07) is 11.8. The molecule has 0 radical (unpaired) electrons. The summed E-state index contributed by atoms with van der Waals surface area (Å²) in [5, 5.41) is 3.09. The number of carbonyl (C=O) groups excluding carboxylic acids is 2. The number of methoxy groups -OCH3 is 1. The molecule has 0 unspecified atom stereocenters. The highest BCUT2D eigenvalue weighted by Gasteiger charge is 2.46. The zero-order valence-electron chi connectivity index (χ0n) is 17.7. The summed E-state index contributed by atoms with van der Waals surface area (Å²) in [6.07, 6.45) is 1.72. The normalized spacial score (nSPS) is 22.8. The zero-order chi connectivity index (χ0) is 22.2. The first-order valence-electron chi connectivity index (χ1n) is 10.7. The van der Waals surface area contributed by atoms with Crippen LogP contribution in [0.2, 0.25) is 4.34 Å². The van der Waals surface area contributed by atoms with Crippen molar-refractivity contribution in [2.75, 3.05) is 43.1 Å². The molecule has 4 heterocycles. The van der Waals surface area contributed by atoms with E-state index < -0.39 is 0 Å². The Morgan fingerprint density at radius 1 is 1.16 bits per heavy atom. The maximum absolute atomic E-state index is 13.1. The molecule has 3 aliphatic rings. The third-order valence-electron chi connectivity index (χ3n) is 6.18. The van der Waals surface area contributed by atoms with E-state index in [1.165, 1.54) is 11.3 Å². The fourth-order valence-corrected chi connectivity index (χ4v) is 5.55. The highest BCUT2D eigenvalue weighted by Crippen LogP contribution is 2.32. The van der Waals surface area contributed by atoms with E-state index in [4.69, 9.17) is 16.3 Å². The van der Waals surface area contributed by atoms with Crippen molar-refractivity contribution >= 4 is 52.3 Å². The van der Waals surface area contributed by atoms with Crippen LogP contribution in [0.5, 0.6) is 0 Å². The molecule has 32 heavy (non-hydrogen) atoms. The van der Waals surface area contributed by atoms with E-state index in [2.05, 4.69) is 10.3 Å². The average molecular weight is 474 g/mol. The van der Waals surface area contributed by atoms with E-state index in [1.54, 1.807) is 24.1 Å². The standard InChI is InChI=1S/C22H24ClN5O3S/c1-31-21-24-10-2-11-26(21)14-3-5-15(6-4-14)28-13-17-16(9-12-27(17)22(28)30)25-20(29)18-7-8-19(23)32-18/h3-8,16-17H,2,9-13H2,1H3,(H,25,29)/t16-,17-/m1/s1. The number of ether oxygens (including phenoxy) is 1. The number of fused-ring (bicyclic) bond motifs is 1. The number of urea groups is 1. The van der Waals surface area contributed by atoms with Crippen molar-refractivity contribution in [2.45, 2.75) is 24.9 Å². The van der Waals surface area contributed by atoms with Crippen molar-refractivity contribution in [1.29, 1.82) is 0 Å². The van der Waals surface area contributed by atoms with Crippen molar-refractivity contribution in [3.63, 3.8) is 0 Å². The van der Waals surface area contributed by atoms with Crippen LogP contribution in [0.25, 0.3) is 0 Å². The molecule has 0 aliphatic carbocycles. The van der Waals surface area contributed by atoms with Crippen molar-refractivity contribution in [1.82, 2.24) is 10.2 Å². The quantitative estimate of drug-likeness (QED) is 0.738. The molecule has 10 heteroatoms.